The van der Waals surface area contributed by atoms with Gasteiger partial charge in [-0.05, 0) is 22.0 Å². The molecule has 0 bridgehead atoms. The Morgan fingerprint density at radius 3 is 2.82 bits per heavy atom. The van der Waals surface area contributed by atoms with Crippen LogP contribution >= 0.6 is 15.9 Å². The molecule has 1 aromatic rings. The number of nitrogens with zero attached hydrogens (tertiary/aromatic N) is 1. The molecule has 0 aliphatic heterocycles. The quantitative estimate of drug-likeness (QED) is 0.783. The summed E-state index contributed by atoms with van der Waals surface area (Å²) in [5.41, 5.74) is -0.562. The maximum atomic E-state index is 12.6. The molecule has 0 aliphatic carbocycles. The Kier molecular flexibility index (Phi) is 2.19. The molecule has 0 radical (unpaired) electrons. The first-order valence-corrected chi connectivity index (χ1v) is 3.45. The van der Waals surface area contributed by atoms with Gasteiger partial charge < -0.3 is 5.11 Å². The normalized spacial score (nSPS) is 9.64. The van der Waals surface area contributed by atoms with Crippen LogP contribution in [-0.2, 0) is 0 Å². The van der Waals surface area contributed by atoms with Crippen LogP contribution in [0, 0.1) is 5.82 Å². The first kappa shape index (κ1) is 8.13. The molecule has 0 unspecified atom stereocenters. The van der Waals surface area contributed by atoms with Gasteiger partial charge in [0.1, 0.15) is 0 Å². The van der Waals surface area contributed by atoms with Crippen LogP contribution in [0.2, 0.25) is 0 Å². The lowest BCUT2D eigenvalue weighted by molar-refractivity contribution is 0.0685. The van der Waals surface area contributed by atoms with Gasteiger partial charge in [0.25, 0.3) is 0 Å². The Morgan fingerprint density at radius 2 is 2.36 bits per heavy atom. The van der Waals surface area contributed by atoms with Crippen molar-refractivity contribution in [3.63, 3.8) is 0 Å². The zero-order chi connectivity index (χ0) is 8.43. The number of aromatic nitrogens is 1. The third kappa shape index (κ3) is 1.74. The first-order valence-electron chi connectivity index (χ1n) is 2.65. The molecule has 1 rings (SSSR count). The number of rotatable bonds is 1. The molecule has 0 fully saturated rings. The SMILES string of the molecule is O=C(O)c1ncc(Br)cc1F. The molecular weight excluding hydrogens is 217 g/mol. The van der Waals surface area contributed by atoms with Crippen LogP contribution in [0.5, 0.6) is 0 Å². The molecule has 0 aliphatic rings. The summed E-state index contributed by atoms with van der Waals surface area (Å²) in [5.74, 6) is -2.21. The highest BCUT2D eigenvalue weighted by Crippen LogP contribution is 2.11. The number of aromatic carboxylic acids is 1. The average Bonchev–Trinajstić information content (AvgIpc) is 1.85. The molecule has 1 aromatic heterocycles. The second kappa shape index (κ2) is 2.96. The Labute approximate surface area is 70.0 Å². The van der Waals surface area contributed by atoms with Gasteiger partial charge in [-0.2, -0.15) is 0 Å². The van der Waals surface area contributed by atoms with Crippen LogP contribution in [0.25, 0.3) is 0 Å². The van der Waals surface area contributed by atoms with Crippen molar-refractivity contribution in [2.75, 3.05) is 0 Å². The van der Waals surface area contributed by atoms with Crippen LogP contribution in [-0.4, -0.2) is 16.1 Å². The van der Waals surface area contributed by atoms with E-state index in [1.165, 1.54) is 6.20 Å². The highest BCUT2D eigenvalue weighted by molar-refractivity contribution is 9.10. The van der Waals surface area contributed by atoms with Crippen molar-refractivity contribution in [2.24, 2.45) is 0 Å². The molecule has 0 aromatic carbocycles. The summed E-state index contributed by atoms with van der Waals surface area (Å²) in [7, 11) is 0. The lowest BCUT2D eigenvalue weighted by atomic mass is 10.3. The minimum atomic E-state index is -1.37. The van der Waals surface area contributed by atoms with Crippen molar-refractivity contribution in [2.45, 2.75) is 0 Å². The molecule has 58 valence electrons. The van der Waals surface area contributed by atoms with Gasteiger partial charge in [0, 0.05) is 10.7 Å². The van der Waals surface area contributed by atoms with E-state index in [2.05, 4.69) is 20.9 Å². The van der Waals surface area contributed by atoms with Gasteiger partial charge >= 0.3 is 5.97 Å². The predicted molar refractivity (Wildman–Crippen MR) is 38.9 cm³/mol. The summed E-state index contributed by atoms with van der Waals surface area (Å²) in [6.07, 6.45) is 1.23. The molecule has 5 heteroatoms. The summed E-state index contributed by atoms with van der Waals surface area (Å²) < 4.78 is 13.0. The summed E-state index contributed by atoms with van der Waals surface area (Å²) >= 11 is 2.95. The zero-order valence-corrected chi connectivity index (χ0v) is 6.80. The fourth-order valence-corrected chi connectivity index (χ4v) is 0.875. The van der Waals surface area contributed by atoms with Gasteiger partial charge in [-0.25, -0.2) is 14.2 Å². The summed E-state index contributed by atoms with van der Waals surface area (Å²) in [4.78, 5) is 13.6. The van der Waals surface area contributed by atoms with E-state index in [4.69, 9.17) is 5.11 Å². The molecule has 1 heterocycles. The van der Waals surface area contributed by atoms with Crippen LogP contribution in [0.4, 0.5) is 4.39 Å². The minimum Gasteiger partial charge on any atom is -0.476 e. The molecule has 11 heavy (non-hydrogen) atoms. The van der Waals surface area contributed by atoms with E-state index in [-0.39, 0.29) is 0 Å². The van der Waals surface area contributed by atoms with Gasteiger partial charge in [-0.1, -0.05) is 0 Å². The molecule has 0 saturated carbocycles. The van der Waals surface area contributed by atoms with Crippen LogP contribution in [0.3, 0.4) is 0 Å². The smallest absolute Gasteiger partial charge is 0.357 e. The summed E-state index contributed by atoms with van der Waals surface area (Å²) in [6, 6.07) is 1.05. The molecule has 0 atom stereocenters. The van der Waals surface area contributed by atoms with Crippen molar-refractivity contribution in [3.8, 4) is 0 Å². The fraction of sp³-hybridized carbons (Fsp3) is 0. The van der Waals surface area contributed by atoms with Crippen molar-refractivity contribution in [1.82, 2.24) is 4.98 Å². The molecular formula is C6H3BrFNO2. The summed E-state index contributed by atoms with van der Waals surface area (Å²) in [5, 5.41) is 8.34. The third-order valence-corrected chi connectivity index (χ3v) is 1.44. The average molecular weight is 220 g/mol. The van der Waals surface area contributed by atoms with Crippen molar-refractivity contribution in [1.29, 1.82) is 0 Å². The lowest BCUT2D eigenvalue weighted by Crippen LogP contribution is -2.03. The second-order valence-electron chi connectivity index (χ2n) is 1.79. The van der Waals surface area contributed by atoms with E-state index in [1.54, 1.807) is 0 Å². The largest absolute Gasteiger partial charge is 0.476 e. The zero-order valence-electron chi connectivity index (χ0n) is 5.21. The fourth-order valence-electron chi connectivity index (χ4n) is 0.572. The molecule has 1 N–H and O–H groups in total. The van der Waals surface area contributed by atoms with Gasteiger partial charge in [0.05, 0.1) is 0 Å². The topological polar surface area (TPSA) is 50.2 Å². The maximum absolute atomic E-state index is 12.6. The third-order valence-electron chi connectivity index (χ3n) is 1.01. The van der Waals surface area contributed by atoms with E-state index in [0.717, 1.165) is 6.07 Å². The van der Waals surface area contributed by atoms with E-state index in [0.29, 0.717) is 4.47 Å². The number of pyridine rings is 1. The van der Waals surface area contributed by atoms with Gasteiger partial charge in [-0.15, -0.1) is 0 Å². The van der Waals surface area contributed by atoms with E-state index in [9.17, 15) is 9.18 Å². The van der Waals surface area contributed by atoms with E-state index in [1.807, 2.05) is 0 Å². The van der Waals surface area contributed by atoms with Gasteiger partial charge in [-0.3, -0.25) is 0 Å². The number of carbonyl (C=O) groups is 1. The van der Waals surface area contributed by atoms with Crippen LogP contribution in [0.1, 0.15) is 10.5 Å². The molecule has 0 spiro atoms. The standard InChI is InChI=1S/C6H3BrFNO2/c7-3-1-4(8)5(6(10)11)9-2-3/h1-2H,(H,10,11). The van der Waals surface area contributed by atoms with Crippen LogP contribution in [0.15, 0.2) is 16.7 Å². The maximum Gasteiger partial charge on any atom is 0.357 e. The van der Waals surface area contributed by atoms with E-state index < -0.39 is 17.5 Å². The van der Waals surface area contributed by atoms with E-state index >= 15 is 0 Å². The highest BCUT2D eigenvalue weighted by atomic mass is 79.9. The monoisotopic (exact) mass is 219 g/mol. The Bertz CT molecular complexity index is 303. The molecule has 0 saturated heterocycles. The molecule has 0 amide bonds. The highest BCUT2D eigenvalue weighted by Gasteiger charge is 2.10. The number of hydrogen-bond donors (Lipinski definition) is 1. The Balaban J connectivity index is 3.20. The number of carboxylic acid groups (broad SMARTS) is 1. The Hall–Kier alpha value is -0.970. The second-order valence-corrected chi connectivity index (χ2v) is 2.70. The summed E-state index contributed by atoms with van der Waals surface area (Å²) in [6.45, 7) is 0. The number of hydrogen-bond acceptors (Lipinski definition) is 2. The van der Waals surface area contributed by atoms with Crippen LogP contribution < -0.4 is 0 Å². The van der Waals surface area contributed by atoms with Crippen molar-refractivity contribution < 1.29 is 14.3 Å². The first-order chi connectivity index (χ1) is 5.11. The van der Waals surface area contributed by atoms with Crippen molar-refractivity contribution >= 4 is 21.9 Å². The number of halogens is 2. The predicted octanol–water partition coefficient (Wildman–Crippen LogP) is 1.68. The Morgan fingerprint density at radius 1 is 1.73 bits per heavy atom. The minimum absolute atomic E-state index is 0.417. The molecule has 3 nitrogen and oxygen atoms in total. The van der Waals surface area contributed by atoms with Crippen molar-refractivity contribution in [3.05, 3.63) is 28.2 Å². The van der Waals surface area contributed by atoms with Gasteiger partial charge in [0.2, 0.25) is 0 Å². The lowest BCUT2D eigenvalue weighted by Gasteiger charge is -1.94. The van der Waals surface area contributed by atoms with Gasteiger partial charge in [0.15, 0.2) is 11.5 Å². The number of carboxylic acids is 1.